The van der Waals surface area contributed by atoms with Gasteiger partial charge in [-0.15, -0.1) is 0 Å². The average Bonchev–Trinajstić information content (AvgIpc) is 2.70. The Morgan fingerprint density at radius 3 is 1.75 bits per heavy atom. The summed E-state index contributed by atoms with van der Waals surface area (Å²) in [6.07, 6.45) is 4.35. The first-order chi connectivity index (χ1) is 13.5. The third-order valence-electron chi connectivity index (χ3n) is 3.51. The van der Waals surface area contributed by atoms with E-state index in [0.29, 0.717) is 11.1 Å². The van der Waals surface area contributed by atoms with Crippen LogP contribution in [-0.2, 0) is 19.1 Å². The van der Waals surface area contributed by atoms with E-state index in [4.69, 9.17) is 9.47 Å². The summed E-state index contributed by atoms with van der Waals surface area (Å²) in [5.74, 6) is -1.14. The van der Waals surface area contributed by atoms with E-state index < -0.39 is 24.6 Å². The number of rotatable bonds is 8. The van der Waals surface area contributed by atoms with Crippen molar-refractivity contribution in [3.05, 3.63) is 71.8 Å². The lowest BCUT2D eigenvalue weighted by Crippen LogP contribution is -2.27. The zero-order valence-corrected chi connectivity index (χ0v) is 14.9. The van der Waals surface area contributed by atoms with Crippen LogP contribution < -0.4 is 0 Å². The van der Waals surface area contributed by atoms with Crippen LogP contribution in [0.2, 0.25) is 0 Å². The molecule has 7 nitrogen and oxygen atoms in total. The Bertz CT molecular complexity index is 836. The molecule has 146 valence electrons. The number of hydrogen-bond donors (Lipinski definition) is 3. The Kier molecular flexibility index (Phi) is 7.80. The van der Waals surface area contributed by atoms with Crippen LogP contribution in [0.3, 0.4) is 0 Å². The minimum Gasteiger partial charge on any atom is -0.508 e. The largest absolute Gasteiger partial charge is 0.508 e. The monoisotopic (exact) mass is 384 g/mol. The smallest absolute Gasteiger partial charge is 0.331 e. The zero-order valence-electron chi connectivity index (χ0n) is 14.9. The van der Waals surface area contributed by atoms with E-state index in [0.717, 1.165) is 0 Å². The van der Waals surface area contributed by atoms with Crippen molar-refractivity contribution < 1.29 is 34.4 Å². The second kappa shape index (κ2) is 10.5. The van der Waals surface area contributed by atoms with Gasteiger partial charge in [-0.05, 0) is 47.5 Å². The van der Waals surface area contributed by atoms with Gasteiger partial charge in [0.2, 0.25) is 0 Å². The first-order valence-electron chi connectivity index (χ1n) is 8.38. The Labute approximate surface area is 161 Å². The van der Waals surface area contributed by atoms with Gasteiger partial charge < -0.3 is 24.8 Å². The predicted molar refractivity (Wildman–Crippen MR) is 102 cm³/mol. The maximum absolute atomic E-state index is 11.8. The normalized spacial score (nSPS) is 12.2. The third kappa shape index (κ3) is 7.35. The molecule has 28 heavy (non-hydrogen) atoms. The highest BCUT2D eigenvalue weighted by molar-refractivity contribution is 5.88. The number of ether oxygens (including phenoxy) is 2. The van der Waals surface area contributed by atoms with Crippen LogP contribution in [0.25, 0.3) is 12.2 Å². The van der Waals surface area contributed by atoms with E-state index >= 15 is 0 Å². The topological polar surface area (TPSA) is 113 Å². The predicted octanol–water partition coefficient (Wildman–Crippen LogP) is 2.27. The fourth-order valence-corrected chi connectivity index (χ4v) is 2.05. The number of aliphatic hydroxyl groups excluding tert-OH is 1. The molecule has 0 radical (unpaired) electrons. The quantitative estimate of drug-likeness (QED) is 0.473. The average molecular weight is 384 g/mol. The minimum atomic E-state index is -0.997. The summed E-state index contributed by atoms with van der Waals surface area (Å²) in [5, 5.41) is 27.7. The van der Waals surface area contributed by atoms with Gasteiger partial charge in [0.1, 0.15) is 18.1 Å². The second-order valence-electron chi connectivity index (χ2n) is 5.72. The first-order valence-corrected chi connectivity index (χ1v) is 8.38. The van der Waals surface area contributed by atoms with E-state index in [9.17, 15) is 24.9 Å². The number of carbonyl (C=O) groups excluding carboxylic acids is 2. The van der Waals surface area contributed by atoms with Crippen molar-refractivity contribution in [2.75, 3.05) is 13.2 Å². The van der Waals surface area contributed by atoms with E-state index in [-0.39, 0.29) is 18.1 Å². The number of aliphatic hydroxyl groups is 1. The fourth-order valence-electron chi connectivity index (χ4n) is 2.05. The molecule has 0 aromatic heterocycles. The standard InChI is InChI=1S/C21H20O7/c22-13-19(28-21(26)12-6-16-3-9-18(24)10-4-16)14-27-20(25)11-5-15-1-7-17(23)8-2-15/h1-12,19,22-24H,13-14H2. The molecular formula is C21H20O7. The highest BCUT2D eigenvalue weighted by Crippen LogP contribution is 2.12. The number of benzene rings is 2. The lowest BCUT2D eigenvalue weighted by molar-refractivity contribution is -0.154. The molecular weight excluding hydrogens is 364 g/mol. The van der Waals surface area contributed by atoms with Gasteiger partial charge in [-0.1, -0.05) is 24.3 Å². The van der Waals surface area contributed by atoms with Crippen molar-refractivity contribution in [3.8, 4) is 11.5 Å². The molecule has 2 rings (SSSR count). The number of phenolic OH excluding ortho intramolecular Hbond substituents is 2. The molecule has 0 heterocycles. The van der Waals surface area contributed by atoms with Crippen LogP contribution >= 0.6 is 0 Å². The van der Waals surface area contributed by atoms with E-state index in [2.05, 4.69) is 0 Å². The highest BCUT2D eigenvalue weighted by atomic mass is 16.6. The maximum Gasteiger partial charge on any atom is 0.331 e. The van der Waals surface area contributed by atoms with Crippen molar-refractivity contribution in [2.45, 2.75) is 6.10 Å². The molecule has 3 N–H and O–H groups in total. The maximum atomic E-state index is 11.8. The molecule has 0 aliphatic heterocycles. The number of esters is 2. The molecule has 1 unspecified atom stereocenters. The summed E-state index contributed by atoms with van der Waals surface area (Å²) in [4.78, 5) is 23.5. The minimum absolute atomic E-state index is 0.112. The van der Waals surface area contributed by atoms with Crippen molar-refractivity contribution in [2.24, 2.45) is 0 Å². The van der Waals surface area contributed by atoms with Crippen molar-refractivity contribution in [1.29, 1.82) is 0 Å². The summed E-state index contributed by atoms with van der Waals surface area (Å²) in [6.45, 7) is -0.804. The summed E-state index contributed by atoms with van der Waals surface area (Å²) in [6, 6.07) is 12.4. The SMILES string of the molecule is O=C(C=Cc1ccc(O)cc1)OCC(CO)OC(=O)C=Cc1ccc(O)cc1. The van der Waals surface area contributed by atoms with Crippen molar-refractivity contribution in [1.82, 2.24) is 0 Å². The van der Waals surface area contributed by atoms with Gasteiger partial charge in [-0.25, -0.2) is 9.59 Å². The lowest BCUT2D eigenvalue weighted by Gasteiger charge is -2.13. The van der Waals surface area contributed by atoms with Crippen LogP contribution in [0, 0.1) is 0 Å². The van der Waals surface area contributed by atoms with Crippen LogP contribution in [0.1, 0.15) is 11.1 Å². The van der Waals surface area contributed by atoms with E-state index in [1.54, 1.807) is 24.3 Å². The molecule has 7 heteroatoms. The van der Waals surface area contributed by atoms with Gasteiger partial charge in [0.05, 0.1) is 6.61 Å². The van der Waals surface area contributed by atoms with Gasteiger partial charge in [-0.2, -0.15) is 0 Å². The lowest BCUT2D eigenvalue weighted by atomic mass is 10.2. The number of hydrogen-bond acceptors (Lipinski definition) is 7. The Balaban J connectivity index is 1.79. The molecule has 1 atom stereocenters. The Hall–Kier alpha value is -3.58. The Morgan fingerprint density at radius 1 is 0.821 bits per heavy atom. The number of carbonyl (C=O) groups is 2. The van der Waals surface area contributed by atoms with Crippen LogP contribution in [0.4, 0.5) is 0 Å². The van der Waals surface area contributed by atoms with Gasteiger partial charge in [0, 0.05) is 12.2 Å². The first kappa shape index (κ1) is 20.7. The van der Waals surface area contributed by atoms with Crippen molar-refractivity contribution in [3.63, 3.8) is 0 Å². The van der Waals surface area contributed by atoms with Gasteiger partial charge >= 0.3 is 11.9 Å². The summed E-state index contributed by atoms with van der Waals surface area (Å²) >= 11 is 0. The molecule has 0 bridgehead atoms. The number of aromatic hydroxyl groups is 2. The molecule has 0 saturated heterocycles. The molecule has 0 aliphatic rings. The molecule has 2 aromatic carbocycles. The summed E-state index contributed by atoms with van der Waals surface area (Å²) in [5.41, 5.74) is 1.38. The van der Waals surface area contributed by atoms with E-state index in [1.165, 1.54) is 48.6 Å². The summed E-state index contributed by atoms with van der Waals surface area (Å²) < 4.78 is 9.97. The van der Waals surface area contributed by atoms with Crippen LogP contribution in [0.5, 0.6) is 11.5 Å². The van der Waals surface area contributed by atoms with Crippen LogP contribution in [-0.4, -0.2) is 46.6 Å². The molecule has 0 aliphatic carbocycles. The van der Waals surface area contributed by atoms with Gasteiger partial charge in [-0.3, -0.25) is 0 Å². The third-order valence-corrected chi connectivity index (χ3v) is 3.51. The zero-order chi connectivity index (χ0) is 20.4. The molecule has 0 fully saturated rings. The number of phenols is 2. The van der Waals surface area contributed by atoms with Gasteiger partial charge in [0.25, 0.3) is 0 Å². The Morgan fingerprint density at radius 2 is 1.29 bits per heavy atom. The van der Waals surface area contributed by atoms with Crippen LogP contribution in [0.15, 0.2) is 60.7 Å². The second-order valence-corrected chi connectivity index (χ2v) is 5.72. The van der Waals surface area contributed by atoms with Crippen molar-refractivity contribution >= 4 is 24.1 Å². The molecule has 2 aromatic rings. The fraction of sp³-hybridized carbons (Fsp3) is 0.143. The van der Waals surface area contributed by atoms with Gasteiger partial charge in [0.15, 0.2) is 6.10 Å². The summed E-state index contributed by atoms with van der Waals surface area (Å²) in [7, 11) is 0. The molecule has 0 amide bonds. The molecule has 0 saturated carbocycles. The van der Waals surface area contributed by atoms with E-state index in [1.807, 2.05) is 0 Å². The highest BCUT2D eigenvalue weighted by Gasteiger charge is 2.14. The molecule has 0 spiro atoms.